The van der Waals surface area contributed by atoms with Crippen LogP contribution in [0.15, 0.2) is 84.9 Å². The highest BCUT2D eigenvalue weighted by molar-refractivity contribution is 6.22. The van der Waals surface area contributed by atoms with Crippen LogP contribution in [0, 0.1) is 0 Å². The molecule has 0 aliphatic heterocycles. The minimum Gasteiger partial charge on any atom is -0.496 e. The summed E-state index contributed by atoms with van der Waals surface area (Å²) in [5.41, 5.74) is 2.30. The average Bonchev–Trinajstić information content (AvgIpc) is 2.77. The summed E-state index contributed by atoms with van der Waals surface area (Å²) in [5.74, 6) is -0.177. The number of esters is 1. The molecule has 0 saturated carbocycles. The zero-order valence-electron chi connectivity index (χ0n) is 15.5. The number of ether oxygens (including phenoxy) is 2. The van der Waals surface area contributed by atoms with E-state index in [1.165, 1.54) is 0 Å². The maximum absolute atomic E-state index is 12.8. The van der Waals surface area contributed by atoms with Crippen LogP contribution in [-0.2, 0) is 9.53 Å². The second kappa shape index (κ2) is 9.33. The van der Waals surface area contributed by atoms with Crippen LogP contribution in [0.5, 0.6) is 5.75 Å². The van der Waals surface area contributed by atoms with Crippen molar-refractivity contribution in [2.24, 2.45) is 0 Å². The second-order valence-corrected chi connectivity index (χ2v) is 6.03. The van der Waals surface area contributed by atoms with Gasteiger partial charge in [-0.05, 0) is 17.7 Å². The van der Waals surface area contributed by atoms with Gasteiger partial charge in [-0.2, -0.15) is 0 Å². The van der Waals surface area contributed by atoms with Gasteiger partial charge in [0.1, 0.15) is 5.75 Å². The molecule has 0 aliphatic carbocycles. The number of benzene rings is 3. The van der Waals surface area contributed by atoms with Gasteiger partial charge in [0, 0.05) is 11.1 Å². The molecular weight excluding hydrogens is 352 g/mol. The Hall–Kier alpha value is -3.66. The van der Waals surface area contributed by atoms with E-state index in [0.717, 1.165) is 5.56 Å². The zero-order chi connectivity index (χ0) is 19.8. The standard InChI is InChI=1S/C24H20O4/c1-27-23-15-9-8-14-20(23)16-21(18-10-4-2-5-11-18)24(26)28-17-22(25)19-12-6-3-7-13-19/h2-16H,17H2,1H3/b21-16+. The number of rotatable bonds is 7. The minimum atomic E-state index is -0.568. The molecule has 0 fully saturated rings. The van der Waals surface area contributed by atoms with Crippen molar-refractivity contribution in [3.8, 4) is 5.75 Å². The minimum absolute atomic E-state index is 0.251. The lowest BCUT2D eigenvalue weighted by Crippen LogP contribution is -2.15. The topological polar surface area (TPSA) is 52.6 Å². The molecule has 0 spiro atoms. The first kappa shape index (κ1) is 19.1. The molecular formula is C24H20O4. The third-order valence-electron chi connectivity index (χ3n) is 4.17. The number of hydrogen-bond acceptors (Lipinski definition) is 4. The molecule has 3 aromatic rings. The lowest BCUT2D eigenvalue weighted by Gasteiger charge is -2.10. The van der Waals surface area contributed by atoms with Gasteiger partial charge in [-0.1, -0.05) is 78.9 Å². The molecule has 0 N–H and O–H groups in total. The van der Waals surface area contributed by atoms with Crippen molar-refractivity contribution in [2.75, 3.05) is 13.7 Å². The molecule has 4 heteroatoms. The van der Waals surface area contributed by atoms with E-state index in [9.17, 15) is 9.59 Å². The Labute approximate surface area is 164 Å². The van der Waals surface area contributed by atoms with Crippen LogP contribution in [0.4, 0.5) is 0 Å². The molecule has 0 aromatic heterocycles. The predicted molar refractivity (Wildman–Crippen MR) is 109 cm³/mol. The van der Waals surface area contributed by atoms with E-state index in [2.05, 4.69) is 0 Å². The summed E-state index contributed by atoms with van der Waals surface area (Å²) in [6.07, 6.45) is 1.71. The normalized spacial score (nSPS) is 11.0. The summed E-state index contributed by atoms with van der Waals surface area (Å²) in [6.45, 7) is -0.320. The molecule has 0 aliphatic rings. The van der Waals surface area contributed by atoms with Gasteiger partial charge in [-0.3, -0.25) is 4.79 Å². The van der Waals surface area contributed by atoms with E-state index < -0.39 is 5.97 Å². The van der Waals surface area contributed by atoms with E-state index in [4.69, 9.17) is 9.47 Å². The molecule has 0 amide bonds. The van der Waals surface area contributed by atoms with Crippen LogP contribution in [-0.4, -0.2) is 25.5 Å². The number of para-hydroxylation sites is 1. The van der Waals surface area contributed by atoms with Crippen LogP contribution >= 0.6 is 0 Å². The van der Waals surface area contributed by atoms with Gasteiger partial charge in [0.2, 0.25) is 0 Å². The van der Waals surface area contributed by atoms with Crippen LogP contribution in [0.2, 0.25) is 0 Å². The molecule has 4 nitrogen and oxygen atoms in total. The Morgan fingerprint density at radius 1 is 0.786 bits per heavy atom. The van der Waals surface area contributed by atoms with E-state index in [0.29, 0.717) is 22.4 Å². The Morgan fingerprint density at radius 3 is 2.00 bits per heavy atom. The van der Waals surface area contributed by atoms with Gasteiger partial charge in [-0.25, -0.2) is 4.79 Å². The Morgan fingerprint density at radius 2 is 1.36 bits per heavy atom. The van der Waals surface area contributed by atoms with Crippen molar-refractivity contribution >= 4 is 23.4 Å². The maximum Gasteiger partial charge on any atom is 0.339 e. The van der Waals surface area contributed by atoms with Gasteiger partial charge in [0.05, 0.1) is 12.7 Å². The Balaban J connectivity index is 1.86. The zero-order valence-corrected chi connectivity index (χ0v) is 15.5. The molecule has 0 saturated heterocycles. The monoisotopic (exact) mass is 372 g/mol. The van der Waals surface area contributed by atoms with Crippen molar-refractivity contribution in [3.63, 3.8) is 0 Å². The van der Waals surface area contributed by atoms with Crippen LogP contribution in [0.25, 0.3) is 11.6 Å². The average molecular weight is 372 g/mol. The van der Waals surface area contributed by atoms with Crippen molar-refractivity contribution in [1.29, 1.82) is 0 Å². The van der Waals surface area contributed by atoms with Gasteiger partial charge < -0.3 is 9.47 Å². The maximum atomic E-state index is 12.8. The van der Waals surface area contributed by atoms with Crippen molar-refractivity contribution in [1.82, 2.24) is 0 Å². The smallest absolute Gasteiger partial charge is 0.339 e. The van der Waals surface area contributed by atoms with E-state index in [1.807, 2.05) is 60.7 Å². The summed E-state index contributed by atoms with van der Waals surface area (Å²) >= 11 is 0. The first-order chi connectivity index (χ1) is 13.7. The molecule has 3 rings (SSSR count). The first-order valence-corrected chi connectivity index (χ1v) is 8.84. The SMILES string of the molecule is COc1ccccc1/C=C(/C(=O)OCC(=O)c1ccccc1)c1ccccc1. The fraction of sp³-hybridized carbons (Fsp3) is 0.0833. The summed E-state index contributed by atoms with van der Waals surface area (Å²) in [4.78, 5) is 25.1. The van der Waals surface area contributed by atoms with Gasteiger partial charge in [-0.15, -0.1) is 0 Å². The Bertz CT molecular complexity index is 976. The van der Waals surface area contributed by atoms with E-state index in [-0.39, 0.29) is 12.4 Å². The van der Waals surface area contributed by atoms with Crippen molar-refractivity contribution in [3.05, 3.63) is 102 Å². The second-order valence-electron chi connectivity index (χ2n) is 6.03. The van der Waals surface area contributed by atoms with Crippen molar-refractivity contribution < 1.29 is 19.1 Å². The molecule has 28 heavy (non-hydrogen) atoms. The lowest BCUT2D eigenvalue weighted by atomic mass is 10.0. The number of Topliss-reactive ketones (excluding diaryl/α,β-unsaturated/α-hetero) is 1. The number of carbonyl (C=O) groups is 2. The van der Waals surface area contributed by atoms with E-state index >= 15 is 0 Å². The fourth-order valence-corrected chi connectivity index (χ4v) is 2.74. The highest BCUT2D eigenvalue weighted by atomic mass is 16.5. The fourth-order valence-electron chi connectivity index (χ4n) is 2.74. The summed E-state index contributed by atoms with van der Waals surface area (Å²) in [6, 6.07) is 25.3. The predicted octanol–water partition coefficient (Wildman–Crippen LogP) is 4.66. The number of methoxy groups -OCH3 is 1. The van der Waals surface area contributed by atoms with Crippen LogP contribution in [0.3, 0.4) is 0 Å². The van der Waals surface area contributed by atoms with Gasteiger partial charge in [0.25, 0.3) is 0 Å². The van der Waals surface area contributed by atoms with Gasteiger partial charge in [0.15, 0.2) is 12.4 Å². The number of hydrogen-bond donors (Lipinski definition) is 0. The van der Waals surface area contributed by atoms with E-state index in [1.54, 1.807) is 37.5 Å². The third kappa shape index (κ3) is 4.74. The Kier molecular flexibility index (Phi) is 6.37. The summed E-state index contributed by atoms with van der Waals surface area (Å²) in [7, 11) is 1.58. The summed E-state index contributed by atoms with van der Waals surface area (Å²) < 4.78 is 10.7. The molecule has 0 atom stereocenters. The summed E-state index contributed by atoms with van der Waals surface area (Å²) in [5, 5.41) is 0. The molecule has 0 radical (unpaired) electrons. The van der Waals surface area contributed by atoms with Crippen molar-refractivity contribution in [2.45, 2.75) is 0 Å². The van der Waals surface area contributed by atoms with Crippen LogP contribution < -0.4 is 4.74 Å². The molecule has 140 valence electrons. The molecule has 0 heterocycles. The number of ketones is 1. The quantitative estimate of drug-likeness (QED) is 0.262. The van der Waals surface area contributed by atoms with Gasteiger partial charge >= 0.3 is 5.97 Å². The first-order valence-electron chi connectivity index (χ1n) is 8.84. The molecule has 0 bridgehead atoms. The molecule has 0 unspecified atom stereocenters. The largest absolute Gasteiger partial charge is 0.496 e. The third-order valence-corrected chi connectivity index (χ3v) is 4.17. The highest BCUT2D eigenvalue weighted by Crippen LogP contribution is 2.25. The molecule has 3 aromatic carbocycles. The van der Waals surface area contributed by atoms with Crippen LogP contribution in [0.1, 0.15) is 21.5 Å². The highest BCUT2D eigenvalue weighted by Gasteiger charge is 2.17. The number of carbonyl (C=O) groups excluding carboxylic acids is 2. The lowest BCUT2D eigenvalue weighted by molar-refractivity contribution is -0.135.